The average Bonchev–Trinajstić information content (AvgIpc) is 2.62. The molecule has 0 unspecified atom stereocenters. The van der Waals surface area contributed by atoms with Crippen LogP contribution in [0, 0.1) is 13.8 Å². The van der Waals surface area contributed by atoms with Crippen LogP contribution in [0.3, 0.4) is 0 Å². The molecule has 2 aromatic carbocycles. The minimum atomic E-state index is -0.309. The highest BCUT2D eigenvalue weighted by Crippen LogP contribution is 2.31. The van der Waals surface area contributed by atoms with Gasteiger partial charge in [0.25, 0.3) is 0 Å². The molecule has 3 N–H and O–H groups in total. The van der Waals surface area contributed by atoms with Gasteiger partial charge in [-0.05, 0) is 48.6 Å². The summed E-state index contributed by atoms with van der Waals surface area (Å²) in [6.07, 6.45) is 1.25. The summed E-state index contributed by atoms with van der Waals surface area (Å²) in [5.41, 5.74) is 13.6. The highest BCUT2D eigenvalue weighted by atomic mass is 16.3. The van der Waals surface area contributed by atoms with Crippen LogP contribution in [0.1, 0.15) is 22.3 Å². The summed E-state index contributed by atoms with van der Waals surface area (Å²) in [5.74, 6) is 0. The van der Waals surface area contributed by atoms with Crippen LogP contribution in [0.4, 0.5) is 11.4 Å². The van der Waals surface area contributed by atoms with Crippen molar-refractivity contribution in [3.8, 4) is 0 Å². The van der Waals surface area contributed by atoms with Crippen molar-refractivity contribution in [2.75, 3.05) is 36.8 Å². The second kappa shape index (κ2) is 6.93. The van der Waals surface area contributed by atoms with E-state index in [2.05, 4.69) is 47.9 Å². The maximum absolute atomic E-state index is 10.7. The van der Waals surface area contributed by atoms with Gasteiger partial charge < -0.3 is 15.7 Å². The molecule has 2 aromatic rings. The van der Waals surface area contributed by atoms with E-state index < -0.39 is 0 Å². The van der Waals surface area contributed by atoms with Crippen LogP contribution in [0.2, 0.25) is 0 Å². The SMILES string of the molecule is Cc1cccc(C)c1N1CCN([C@H]2Cc3c(N)cccc3C[C@@H]2O)CC1. The second-order valence-electron chi connectivity index (χ2n) is 7.79. The maximum atomic E-state index is 10.7. The van der Waals surface area contributed by atoms with Gasteiger partial charge in [-0.15, -0.1) is 0 Å². The summed E-state index contributed by atoms with van der Waals surface area (Å²) >= 11 is 0. The molecule has 4 nitrogen and oxygen atoms in total. The molecule has 1 fully saturated rings. The van der Waals surface area contributed by atoms with Crippen molar-refractivity contribution in [2.45, 2.75) is 38.8 Å². The molecule has 0 aromatic heterocycles. The number of nitrogens with zero attached hydrogens (tertiary/aromatic N) is 2. The van der Waals surface area contributed by atoms with Gasteiger partial charge in [0, 0.05) is 50.0 Å². The number of aliphatic hydroxyl groups excluding tert-OH is 1. The number of fused-ring (bicyclic) bond motifs is 1. The smallest absolute Gasteiger partial charge is 0.0739 e. The summed E-state index contributed by atoms with van der Waals surface area (Å²) in [6, 6.07) is 12.8. The summed E-state index contributed by atoms with van der Waals surface area (Å²) < 4.78 is 0. The molecule has 0 amide bonds. The van der Waals surface area contributed by atoms with E-state index in [1.807, 2.05) is 12.1 Å². The van der Waals surface area contributed by atoms with Gasteiger partial charge >= 0.3 is 0 Å². The Morgan fingerprint density at radius 1 is 0.923 bits per heavy atom. The topological polar surface area (TPSA) is 52.7 Å². The van der Waals surface area contributed by atoms with Crippen molar-refractivity contribution >= 4 is 11.4 Å². The number of hydrogen-bond acceptors (Lipinski definition) is 4. The van der Waals surface area contributed by atoms with E-state index in [0.717, 1.165) is 38.3 Å². The standard InChI is InChI=1S/C22H29N3O/c1-15-5-3-6-16(2)22(15)25-11-9-24(10-12-25)20-14-18-17(13-21(20)26)7-4-8-19(18)23/h3-8,20-21,26H,9-14,23H2,1-2H3/t20-,21-/m0/s1. The van der Waals surface area contributed by atoms with Crippen molar-refractivity contribution < 1.29 is 5.11 Å². The molecular formula is C22H29N3O. The fourth-order valence-corrected chi connectivity index (χ4v) is 4.76. The number of aryl methyl sites for hydroxylation is 2. The number of anilines is 2. The summed E-state index contributed by atoms with van der Waals surface area (Å²) in [7, 11) is 0. The lowest BCUT2D eigenvalue weighted by atomic mass is 9.84. The molecule has 26 heavy (non-hydrogen) atoms. The highest BCUT2D eigenvalue weighted by Gasteiger charge is 2.34. The summed E-state index contributed by atoms with van der Waals surface area (Å²) in [4.78, 5) is 4.96. The Balaban J connectivity index is 1.48. The minimum Gasteiger partial charge on any atom is -0.398 e. The molecule has 2 aliphatic rings. The Morgan fingerprint density at radius 3 is 2.27 bits per heavy atom. The van der Waals surface area contributed by atoms with Crippen LogP contribution < -0.4 is 10.6 Å². The van der Waals surface area contributed by atoms with Crippen molar-refractivity contribution in [3.63, 3.8) is 0 Å². The second-order valence-corrected chi connectivity index (χ2v) is 7.79. The van der Waals surface area contributed by atoms with Gasteiger partial charge in [0.15, 0.2) is 0 Å². The molecule has 1 saturated heterocycles. The van der Waals surface area contributed by atoms with E-state index in [4.69, 9.17) is 5.73 Å². The number of nitrogens with two attached hydrogens (primary N) is 1. The molecular weight excluding hydrogens is 322 g/mol. The fourth-order valence-electron chi connectivity index (χ4n) is 4.76. The molecule has 0 saturated carbocycles. The van der Waals surface area contributed by atoms with Crippen molar-refractivity contribution in [2.24, 2.45) is 0 Å². The van der Waals surface area contributed by atoms with Crippen molar-refractivity contribution in [1.82, 2.24) is 4.90 Å². The van der Waals surface area contributed by atoms with Gasteiger partial charge in [0.05, 0.1) is 6.10 Å². The molecule has 4 rings (SSSR count). The zero-order chi connectivity index (χ0) is 18.3. The maximum Gasteiger partial charge on any atom is 0.0739 e. The lowest BCUT2D eigenvalue weighted by Gasteiger charge is -2.44. The number of rotatable bonds is 2. The van der Waals surface area contributed by atoms with Crippen LogP contribution in [-0.2, 0) is 12.8 Å². The Kier molecular flexibility index (Phi) is 4.63. The van der Waals surface area contributed by atoms with Gasteiger partial charge in [0.1, 0.15) is 0 Å². The van der Waals surface area contributed by atoms with Crippen molar-refractivity contribution in [1.29, 1.82) is 0 Å². The van der Waals surface area contributed by atoms with Crippen LogP contribution in [0.5, 0.6) is 0 Å². The number of benzene rings is 2. The van der Waals surface area contributed by atoms with E-state index >= 15 is 0 Å². The van der Waals surface area contributed by atoms with Crippen LogP contribution in [0.25, 0.3) is 0 Å². The number of aliphatic hydroxyl groups is 1. The highest BCUT2D eigenvalue weighted by molar-refractivity contribution is 5.59. The predicted molar refractivity (Wildman–Crippen MR) is 108 cm³/mol. The minimum absolute atomic E-state index is 0.173. The van der Waals surface area contributed by atoms with Gasteiger partial charge in [-0.3, -0.25) is 4.90 Å². The lowest BCUT2D eigenvalue weighted by Crippen LogP contribution is -2.56. The van der Waals surface area contributed by atoms with Gasteiger partial charge in [-0.25, -0.2) is 0 Å². The summed E-state index contributed by atoms with van der Waals surface area (Å²) in [5, 5.41) is 10.7. The Morgan fingerprint density at radius 2 is 1.58 bits per heavy atom. The molecule has 1 aliphatic heterocycles. The average molecular weight is 351 g/mol. The van der Waals surface area contributed by atoms with Crippen molar-refractivity contribution in [3.05, 3.63) is 58.7 Å². The van der Waals surface area contributed by atoms with Gasteiger partial charge in [-0.1, -0.05) is 30.3 Å². The van der Waals surface area contributed by atoms with Gasteiger partial charge in [0.2, 0.25) is 0 Å². The van der Waals surface area contributed by atoms with E-state index in [9.17, 15) is 5.11 Å². The van der Waals surface area contributed by atoms with E-state index in [-0.39, 0.29) is 12.1 Å². The lowest BCUT2D eigenvalue weighted by molar-refractivity contribution is 0.0396. The zero-order valence-corrected chi connectivity index (χ0v) is 15.8. The monoisotopic (exact) mass is 351 g/mol. The van der Waals surface area contributed by atoms with Crippen LogP contribution in [-0.4, -0.2) is 48.3 Å². The molecule has 4 heteroatoms. The first kappa shape index (κ1) is 17.4. The zero-order valence-electron chi connectivity index (χ0n) is 15.8. The van der Waals surface area contributed by atoms with E-state index in [1.165, 1.54) is 27.9 Å². The van der Waals surface area contributed by atoms with E-state index in [1.54, 1.807) is 0 Å². The molecule has 0 spiro atoms. The number of para-hydroxylation sites is 1. The Bertz CT molecular complexity index is 776. The molecule has 2 atom stereocenters. The first-order chi connectivity index (χ1) is 12.5. The summed E-state index contributed by atoms with van der Waals surface area (Å²) in [6.45, 7) is 8.37. The molecule has 1 aliphatic carbocycles. The molecule has 0 radical (unpaired) electrons. The first-order valence-corrected chi connectivity index (χ1v) is 9.64. The molecule has 0 bridgehead atoms. The van der Waals surface area contributed by atoms with Crippen LogP contribution in [0.15, 0.2) is 36.4 Å². The Hall–Kier alpha value is -2.04. The number of hydrogen-bond donors (Lipinski definition) is 2. The van der Waals surface area contributed by atoms with E-state index in [0.29, 0.717) is 6.42 Å². The van der Waals surface area contributed by atoms with Gasteiger partial charge in [-0.2, -0.15) is 0 Å². The number of nitrogen functional groups attached to an aromatic ring is 1. The molecule has 1 heterocycles. The normalized spacial score (nSPS) is 23.7. The number of piperazine rings is 1. The largest absolute Gasteiger partial charge is 0.398 e. The molecule has 138 valence electrons. The third-order valence-corrected chi connectivity index (χ3v) is 6.13. The third kappa shape index (κ3) is 3.08. The quantitative estimate of drug-likeness (QED) is 0.817. The Labute approximate surface area is 156 Å². The third-order valence-electron chi connectivity index (χ3n) is 6.13. The van der Waals surface area contributed by atoms with Crippen LogP contribution >= 0.6 is 0 Å². The fraction of sp³-hybridized carbons (Fsp3) is 0.455. The first-order valence-electron chi connectivity index (χ1n) is 9.64. The predicted octanol–water partition coefficient (Wildman–Crippen LogP) is 2.54.